The number of nitrogens with one attached hydrogen (secondary N) is 2. The average Bonchev–Trinajstić information content (AvgIpc) is 3.15. The highest BCUT2D eigenvalue weighted by Gasteiger charge is 2.53. The molecule has 0 unspecified atom stereocenters. The molecule has 13 heteroatoms. The fourth-order valence-electron chi connectivity index (χ4n) is 3.70. The monoisotopic (exact) mass is 511 g/mol. The van der Waals surface area contributed by atoms with Gasteiger partial charge in [0.2, 0.25) is 21.9 Å². The van der Waals surface area contributed by atoms with Gasteiger partial charge in [-0.05, 0) is 55.5 Å². The molecule has 0 radical (unpaired) electrons. The number of carbonyl (C=O) groups is 1. The van der Waals surface area contributed by atoms with E-state index in [1.165, 1.54) is 11.3 Å². The first-order valence-corrected chi connectivity index (χ1v) is 12.5. The molecule has 1 aromatic carbocycles. The maximum Gasteiger partial charge on any atom is 0.433 e. The second kappa shape index (κ2) is 8.62. The van der Waals surface area contributed by atoms with Gasteiger partial charge >= 0.3 is 6.18 Å². The largest absolute Gasteiger partial charge is 0.433 e. The highest BCUT2D eigenvalue weighted by Crippen LogP contribution is 2.50. The standard InChI is InChI=1S/C21H20F3N5O3S2/c1-12-8-14(10-15(9-12)27-19-25-7-4-17(28-19)21(22,23)24)16-11-26-18(33-16)20(5-3-6-20)34(31,32)29-13(2)30/h4,7-11H,3,5-6H2,1-2H3,(H,29,30)(H,25,27,28). The van der Waals surface area contributed by atoms with E-state index in [1.807, 2.05) is 13.0 Å². The molecule has 0 aliphatic heterocycles. The van der Waals surface area contributed by atoms with Crippen LogP contribution in [0.15, 0.2) is 36.7 Å². The first kappa shape index (κ1) is 24.1. The third-order valence-electron chi connectivity index (χ3n) is 5.41. The number of alkyl halides is 3. The number of nitrogens with zero attached hydrogens (tertiary/aromatic N) is 3. The van der Waals surface area contributed by atoms with Crippen LogP contribution < -0.4 is 10.0 Å². The van der Waals surface area contributed by atoms with E-state index in [1.54, 1.807) is 18.3 Å². The molecule has 1 amide bonds. The SMILES string of the molecule is CC(=O)NS(=O)(=O)C1(c2ncc(-c3cc(C)cc(Nc4nccc(C(F)(F)F)n4)c3)s2)CCC1. The number of benzene rings is 1. The number of amides is 1. The molecule has 180 valence electrons. The normalized spacial score (nSPS) is 15.4. The van der Waals surface area contributed by atoms with Crippen molar-refractivity contribution < 1.29 is 26.4 Å². The molecular weight excluding hydrogens is 491 g/mol. The van der Waals surface area contributed by atoms with E-state index in [-0.39, 0.29) is 5.95 Å². The van der Waals surface area contributed by atoms with Crippen LogP contribution in [0.5, 0.6) is 0 Å². The minimum absolute atomic E-state index is 0.203. The molecule has 0 saturated heterocycles. The highest BCUT2D eigenvalue weighted by atomic mass is 32.2. The van der Waals surface area contributed by atoms with Crippen LogP contribution in [0.2, 0.25) is 0 Å². The Morgan fingerprint density at radius 1 is 1.18 bits per heavy atom. The molecule has 1 saturated carbocycles. The lowest BCUT2D eigenvalue weighted by Crippen LogP contribution is -2.49. The van der Waals surface area contributed by atoms with Crippen LogP contribution in [-0.4, -0.2) is 29.3 Å². The molecule has 34 heavy (non-hydrogen) atoms. The highest BCUT2D eigenvalue weighted by molar-refractivity contribution is 7.91. The second-order valence-electron chi connectivity index (χ2n) is 8.02. The summed E-state index contributed by atoms with van der Waals surface area (Å²) >= 11 is 1.20. The van der Waals surface area contributed by atoms with Crippen molar-refractivity contribution in [1.82, 2.24) is 19.7 Å². The number of aryl methyl sites for hydroxylation is 1. The third kappa shape index (κ3) is 4.62. The van der Waals surface area contributed by atoms with Gasteiger partial charge in [0.05, 0.1) is 4.88 Å². The smallest absolute Gasteiger partial charge is 0.324 e. The third-order valence-corrected chi connectivity index (χ3v) is 8.98. The first-order chi connectivity index (χ1) is 15.9. The molecule has 8 nitrogen and oxygen atoms in total. The van der Waals surface area contributed by atoms with Crippen molar-refractivity contribution in [2.45, 2.75) is 44.0 Å². The lowest BCUT2D eigenvalue weighted by molar-refractivity contribution is -0.141. The van der Waals surface area contributed by atoms with Crippen LogP contribution in [0.3, 0.4) is 0 Å². The number of thiazole rings is 1. The summed E-state index contributed by atoms with van der Waals surface area (Å²) in [6.45, 7) is 2.96. The fraction of sp³-hybridized carbons (Fsp3) is 0.333. The molecular formula is C21H20F3N5O3S2. The summed E-state index contributed by atoms with van der Waals surface area (Å²) in [5, 5.41) is 3.18. The van der Waals surface area contributed by atoms with Crippen molar-refractivity contribution in [3.8, 4) is 10.4 Å². The molecule has 0 spiro atoms. The van der Waals surface area contributed by atoms with Crippen LogP contribution >= 0.6 is 11.3 Å². The van der Waals surface area contributed by atoms with E-state index in [9.17, 15) is 26.4 Å². The van der Waals surface area contributed by atoms with Crippen LogP contribution in [0.25, 0.3) is 10.4 Å². The van der Waals surface area contributed by atoms with Crippen LogP contribution in [-0.2, 0) is 25.7 Å². The Morgan fingerprint density at radius 3 is 2.53 bits per heavy atom. The van der Waals surface area contributed by atoms with Gasteiger partial charge in [-0.2, -0.15) is 13.2 Å². The number of carbonyl (C=O) groups excluding carboxylic acids is 1. The number of rotatable bonds is 6. The number of halogens is 3. The Balaban J connectivity index is 1.64. The molecule has 0 atom stereocenters. The molecule has 1 aliphatic rings. The fourth-order valence-corrected chi connectivity index (χ4v) is 6.89. The van der Waals surface area contributed by atoms with Crippen molar-refractivity contribution in [3.63, 3.8) is 0 Å². The topological polar surface area (TPSA) is 114 Å². The molecule has 2 aromatic heterocycles. The quantitative estimate of drug-likeness (QED) is 0.500. The first-order valence-electron chi connectivity index (χ1n) is 10.2. The van der Waals surface area contributed by atoms with Crippen molar-refractivity contribution in [2.24, 2.45) is 0 Å². The van der Waals surface area contributed by atoms with Crippen LogP contribution in [0, 0.1) is 6.92 Å². The van der Waals surface area contributed by atoms with Gasteiger partial charge in [0.1, 0.15) is 15.4 Å². The Hall–Kier alpha value is -3.06. The molecule has 3 aromatic rings. The maximum absolute atomic E-state index is 13.0. The Kier molecular flexibility index (Phi) is 6.10. The van der Waals surface area contributed by atoms with Gasteiger partial charge < -0.3 is 5.32 Å². The van der Waals surface area contributed by atoms with Gasteiger partial charge in [0.15, 0.2) is 0 Å². The predicted octanol–water partition coefficient (Wildman–Crippen LogP) is 4.52. The molecule has 2 N–H and O–H groups in total. The van der Waals surface area contributed by atoms with E-state index >= 15 is 0 Å². The summed E-state index contributed by atoms with van der Waals surface area (Å²) < 4.78 is 65.3. The lowest BCUT2D eigenvalue weighted by Gasteiger charge is -2.38. The Bertz CT molecular complexity index is 1350. The molecule has 0 bridgehead atoms. The van der Waals surface area contributed by atoms with E-state index in [0.29, 0.717) is 40.4 Å². The number of hydrogen-bond donors (Lipinski definition) is 2. The minimum Gasteiger partial charge on any atom is -0.324 e. The van der Waals surface area contributed by atoms with Gasteiger partial charge in [0.25, 0.3) is 0 Å². The predicted molar refractivity (Wildman–Crippen MR) is 121 cm³/mol. The molecule has 1 aliphatic carbocycles. The van der Waals surface area contributed by atoms with Gasteiger partial charge in [-0.15, -0.1) is 11.3 Å². The zero-order chi connectivity index (χ0) is 24.7. The summed E-state index contributed by atoms with van der Waals surface area (Å²) in [6, 6.07) is 6.07. The molecule has 2 heterocycles. The van der Waals surface area contributed by atoms with Gasteiger partial charge in [0, 0.05) is 25.0 Å². The van der Waals surface area contributed by atoms with Gasteiger partial charge in [-0.25, -0.2) is 23.4 Å². The molecule has 4 rings (SSSR count). The number of anilines is 2. The van der Waals surface area contributed by atoms with E-state index in [4.69, 9.17) is 0 Å². The van der Waals surface area contributed by atoms with Crippen molar-refractivity contribution in [2.75, 3.05) is 5.32 Å². The summed E-state index contributed by atoms with van der Waals surface area (Å²) in [7, 11) is -3.95. The Morgan fingerprint density at radius 2 is 1.91 bits per heavy atom. The van der Waals surface area contributed by atoms with Crippen molar-refractivity contribution in [3.05, 3.63) is 52.9 Å². The number of hydrogen-bond acceptors (Lipinski definition) is 8. The lowest BCUT2D eigenvalue weighted by atomic mass is 9.85. The van der Waals surface area contributed by atoms with Crippen molar-refractivity contribution in [1.29, 1.82) is 0 Å². The van der Waals surface area contributed by atoms with Crippen LogP contribution in [0.1, 0.15) is 42.5 Å². The van der Waals surface area contributed by atoms with Crippen LogP contribution in [0.4, 0.5) is 24.8 Å². The summed E-state index contributed by atoms with van der Waals surface area (Å²) in [4.78, 5) is 23.8. The van der Waals surface area contributed by atoms with Gasteiger partial charge in [-0.3, -0.25) is 9.52 Å². The average molecular weight is 512 g/mol. The van der Waals surface area contributed by atoms with Gasteiger partial charge in [-0.1, -0.05) is 6.07 Å². The Labute approximate surface area is 197 Å². The summed E-state index contributed by atoms with van der Waals surface area (Å²) in [5.74, 6) is -0.861. The minimum atomic E-state index is -4.59. The second-order valence-corrected chi connectivity index (χ2v) is 11.0. The van der Waals surface area contributed by atoms with E-state index < -0.39 is 32.5 Å². The van der Waals surface area contributed by atoms with Crippen molar-refractivity contribution >= 4 is 38.9 Å². The number of sulfonamides is 1. The molecule has 1 fully saturated rings. The number of aromatic nitrogens is 3. The zero-order valence-corrected chi connectivity index (χ0v) is 19.7. The zero-order valence-electron chi connectivity index (χ0n) is 18.1. The summed E-state index contributed by atoms with van der Waals surface area (Å²) in [5.41, 5.74) is 0.917. The van der Waals surface area contributed by atoms with E-state index in [2.05, 4.69) is 25.0 Å². The maximum atomic E-state index is 13.0. The van der Waals surface area contributed by atoms with E-state index in [0.717, 1.165) is 24.8 Å². The summed E-state index contributed by atoms with van der Waals surface area (Å²) in [6.07, 6.45) is -0.596.